The van der Waals surface area contributed by atoms with Crippen LogP contribution in [0.25, 0.3) is 0 Å². The summed E-state index contributed by atoms with van der Waals surface area (Å²) < 4.78 is 1.49. The molecule has 94 valence electrons. The van der Waals surface area contributed by atoms with Gasteiger partial charge in [-0.1, -0.05) is 6.92 Å². The molecule has 1 aromatic heterocycles. The molecule has 17 heavy (non-hydrogen) atoms. The molecule has 1 heterocycles. The fraction of sp³-hybridized carbons (Fsp3) is 0.500. The number of likely N-dealkylation sites (N-methyl/N-ethyl adjacent to an activating group) is 1. The minimum Gasteiger partial charge on any atom is -0.480 e. The van der Waals surface area contributed by atoms with Crippen molar-refractivity contribution in [2.24, 2.45) is 0 Å². The van der Waals surface area contributed by atoms with E-state index in [-0.39, 0.29) is 13.1 Å². The summed E-state index contributed by atoms with van der Waals surface area (Å²) in [6.45, 7) is 2.47. The van der Waals surface area contributed by atoms with Crippen molar-refractivity contribution in [2.75, 3.05) is 13.1 Å². The molecule has 0 unspecified atom stereocenters. The minimum absolute atomic E-state index is 0.0869. The van der Waals surface area contributed by atoms with Gasteiger partial charge in [-0.25, -0.2) is 4.98 Å². The van der Waals surface area contributed by atoms with Crippen molar-refractivity contribution >= 4 is 11.9 Å². The van der Waals surface area contributed by atoms with Crippen LogP contribution in [0.2, 0.25) is 0 Å². The molecule has 0 spiro atoms. The molecule has 1 aromatic rings. The van der Waals surface area contributed by atoms with E-state index in [4.69, 9.17) is 10.2 Å². The molecule has 0 aromatic carbocycles. The lowest BCUT2D eigenvalue weighted by atomic mass is 10.4. The van der Waals surface area contributed by atoms with Crippen LogP contribution in [0.3, 0.4) is 0 Å². The molecule has 0 radical (unpaired) electrons. The van der Waals surface area contributed by atoms with Crippen LogP contribution in [0.15, 0.2) is 12.4 Å². The molecular formula is C10H15N3O4. The number of aliphatic carboxylic acids is 2. The second-order valence-electron chi connectivity index (χ2n) is 3.56. The van der Waals surface area contributed by atoms with Crippen molar-refractivity contribution in [3.63, 3.8) is 0 Å². The molecule has 7 nitrogen and oxygen atoms in total. The number of hydrogen-bond acceptors (Lipinski definition) is 4. The molecule has 0 saturated heterocycles. The number of aromatic nitrogens is 2. The summed E-state index contributed by atoms with van der Waals surface area (Å²) in [6, 6.07) is 0. The van der Waals surface area contributed by atoms with E-state index < -0.39 is 11.9 Å². The monoisotopic (exact) mass is 241 g/mol. The Morgan fingerprint density at radius 1 is 1.41 bits per heavy atom. The molecule has 0 fully saturated rings. The summed E-state index contributed by atoms with van der Waals surface area (Å²) >= 11 is 0. The average molecular weight is 241 g/mol. The van der Waals surface area contributed by atoms with Crippen molar-refractivity contribution in [3.8, 4) is 0 Å². The standard InChI is InChI=1S/C10H15N3O4/c1-2-12(6-9(14)15)5-8-11-3-4-13(8)7-10(16)17/h3-4H,2,5-7H2,1H3,(H,14,15)(H,16,17). The van der Waals surface area contributed by atoms with Gasteiger partial charge in [-0.3, -0.25) is 14.5 Å². The van der Waals surface area contributed by atoms with Gasteiger partial charge in [0.15, 0.2) is 0 Å². The predicted octanol–water partition coefficient (Wildman–Crippen LogP) is -0.126. The second kappa shape index (κ2) is 6.00. The highest BCUT2D eigenvalue weighted by atomic mass is 16.4. The Labute approximate surface area is 98.3 Å². The molecule has 7 heteroatoms. The van der Waals surface area contributed by atoms with Crippen LogP contribution in [0.1, 0.15) is 12.7 Å². The number of carboxylic acids is 2. The van der Waals surface area contributed by atoms with Gasteiger partial charge in [0, 0.05) is 12.4 Å². The quantitative estimate of drug-likeness (QED) is 0.690. The first kappa shape index (κ1) is 13.2. The number of carboxylic acid groups (broad SMARTS) is 2. The third kappa shape index (κ3) is 4.23. The second-order valence-corrected chi connectivity index (χ2v) is 3.56. The van der Waals surface area contributed by atoms with E-state index in [0.29, 0.717) is 18.9 Å². The molecule has 0 aliphatic rings. The SMILES string of the molecule is CCN(CC(=O)O)Cc1nccn1CC(=O)O. The van der Waals surface area contributed by atoms with E-state index in [1.807, 2.05) is 6.92 Å². The van der Waals surface area contributed by atoms with E-state index in [1.54, 1.807) is 11.1 Å². The maximum Gasteiger partial charge on any atom is 0.323 e. The summed E-state index contributed by atoms with van der Waals surface area (Å²) in [6.07, 6.45) is 3.07. The van der Waals surface area contributed by atoms with E-state index >= 15 is 0 Å². The van der Waals surface area contributed by atoms with Crippen LogP contribution >= 0.6 is 0 Å². The van der Waals surface area contributed by atoms with E-state index in [2.05, 4.69) is 4.98 Å². The summed E-state index contributed by atoms with van der Waals surface area (Å²) in [5.74, 6) is -1.32. The smallest absolute Gasteiger partial charge is 0.323 e. The highest BCUT2D eigenvalue weighted by Crippen LogP contribution is 2.03. The lowest BCUT2D eigenvalue weighted by Crippen LogP contribution is -2.30. The van der Waals surface area contributed by atoms with Crippen LogP contribution in [0, 0.1) is 0 Å². The van der Waals surface area contributed by atoms with Crippen molar-refractivity contribution in [3.05, 3.63) is 18.2 Å². The molecule has 2 N–H and O–H groups in total. The van der Waals surface area contributed by atoms with Crippen molar-refractivity contribution in [2.45, 2.75) is 20.0 Å². The lowest BCUT2D eigenvalue weighted by Gasteiger charge is -2.17. The number of rotatable bonds is 7. The van der Waals surface area contributed by atoms with Gasteiger partial charge in [-0.15, -0.1) is 0 Å². The zero-order valence-electron chi connectivity index (χ0n) is 9.54. The number of nitrogens with zero attached hydrogens (tertiary/aromatic N) is 3. The third-order valence-electron chi connectivity index (χ3n) is 2.28. The maximum atomic E-state index is 10.6. The number of hydrogen-bond donors (Lipinski definition) is 2. The van der Waals surface area contributed by atoms with Gasteiger partial charge in [0.25, 0.3) is 0 Å². The van der Waals surface area contributed by atoms with Crippen LogP contribution in [0.5, 0.6) is 0 Å². The van der Waals surface area contributed by atoms with Gasteiger partial charge >= 0.3 is 11.9 Å². The molecule has 0 aliphatic carbocycles. The molecule has 0 bridgehead atoms. The molecule has 1 rings (SSSR count). The Balaban J connectivity index is 2.69. The van der Waals surface area contributed by atoms with E-state index in [9.17, 15) is 9.59 Å². The van der Waals surface area contributed by atoms with Crippen molar-refractivity contribution in [1.82, 2.24) is 14.5 Å². The molecule has 0 saturated carbocycles. The van der Waals surface area contributed by atoms with Gasteiger partial charge in [-0.05, 0) is 6.54 Å². The van der Waals surface area contributed by atoms with Crippen LogP contribution in [0.4, 0.5) is 0 Å². The van der Waals surface area contributed by atoms with Crippen LogP contribution < -0.4 is 0 Å². The highest BCUT2D eigenvalue weighted by Gasteiger charge is 2.12. The zero-order valence-corrected chi connectivity index (χ0v) is 9.54. The van der Waals surface area contributed by atoms with Gasteiger partial charge in [0.05, 0.1) is 13.1 Å². The molecular weight excluding hydrogens is 226 g/mol. The average Bonchev–Trinajstić information content (AvgIpc) is 2.63. The Morgan fingerprint density at radius 3 is 2.65 bits per heavy atom. The lowest BCUT2D eigenvalue weighted by molar-refractivity contribution is -0.139. The topological polar surface area (TPSA) is 95.7 Å². The fourth-order valence-electron chi connectivity index (χ4n) is 1.45. The van der Waals surface area contributed by atoms with Crippen LogP contribution in [-0.4, -0.2) is 49.7 Å². The summed E-state index contributed by atoms with van der Waals surface area (Å²) in [7, 11) is 0. The van der Waals surface area contributed by atoms with Crippen molar-refractivity contribution < 1.29 is 19.8 Å². The third-order valence-corrected chi connectivity index (χ3v) is 2.28. The first-order chi connectivity index (χ1) is 8.02. The van der Waals surface area contributed by atoms with Gasteiger partial charge < -0.3 is 14.8 Å². The summed E-state index contributed by atoms with van der Waals surface area (Å²) in [4.78, 5) is 26.9. The van der Waals surface area contributed by atoms with E-state index in [1.165, 1.54) is 10.8 Å². The van der Waals surface area contributed by atoms with Gasteiger partial charge in [-0.2, -0.15) is 0 Å². The molecule has 0 aliphatic heterocycles. The fourth-order valence-corrected chi connectivity index (χ4v) is 1.45. The van der Waals surface area contributed by atoms with Crippen molar-refractivity contribution in [1.29, 1.82) is 0 Å². The summed E-state index contributed by atoms with van der Waals surface area (Å²) in [5, 5.41) is 17.4. The minimum atomic E-state index is -0.953. The normalized spacial score (nSPS) is 10.7. The first-order valence-corrected chi connectivity index (χ1v) is 5.19. The molecule has 0 amide bonds. The Kier molecular flexibility index (Phi) is 4.65. The first-order valence-electron chi connectivity index (χ1n) is 5.19. The predicted molar refractivity (Wildman–Crippen MR) is 58.4 cm³/mol. The Morgan fingerprint density at radius 2 is 2.12 bits per heavy atom. The highest BCUT2D eigenvalue weighted by molar-refractivity contribution is 5.69. The van der Waals surface area contributed by atoms with Crippen LogP contribution in [-0.2, 0) is 22.7 Å². The number of carbonyl (C=O) groups is 2. The molecule has 0 atom stereocenters. The Bertz CT molecular complexity index is 402. The zero-order chi connectivity index (χ0) is 12.8. The van der Waals surface area contributed by atoms with Gasteiger partial charge in [0.2, 0.25) is 0 Å². The largest absolute Gasteiger partial charge is 0.480 e. The Hall–Kier alpha value is -1.89. The summed E-state index contributed by atoms with van der Waals surface area (Å²) in [5.41, 5.74) is 0. The van der Waals surface area contributed by atoms with Gasteiger partial charge in [0.1, 0.15) is 12.4 Å². The maximum absolute atomic E-state index is 10.6. The van der Waals surface area contributed by atoms with E-state index in [0.717, 1.165) is 0 Å². The number of imidazole rings is 1.